The summed E-state index contributed by atoms with van der Waals surface area (Å²) in [6.45, 7) is 3.27. The number of anilines is 1. The van der Waals surface area contributed by atoms with Crippen LogP contribution in [0.15, 0.2) is 24.3 Å². The molecular weight excluding hydrogens is 288 g/mol. The molecule has 0 heterocycles. The maximum atomic E-state index is 11.6. The van der Waals surface area contributed by atoms with E-state index in [0.717, 1.165) is 5.56 Å². The van der Waals surface area contributed by atoms with Crippen molar-refractivity contribution in [3.8, 4) is 0 Å². The fourth-order valence-corrected chi connectivity index (χ4v) is 1.57. The zero-order valence-corrected chi connectivity index (χ0v) is 12.6. The van der Waals surface area contributed by atoms with Crippen LogP contribution >= 0.6 is 0 Å². The van der Waals surface area contributed by atoms with Gasteiger partial charge in [-0.2, -0.15) is 0 Å². The summed E-state index contributed by atoms with van der Waals surface area (Å²) in [5.41, 5.74) is 1.33. The zero-order chi connectivity index (χ0) is 16.5. The van der Waals surface area contributed by atoms with E-state index >= 15 is 0 Å². The van der Waals surface area contributed by atoms with Gasteiger partial charge in [0.2, 0.25) is 11.8 Å². The number of hydrogen-bond acceptors (Lipinski definition) is 4. The molecule has 0 aliphatic carbocycles. The highest BCUT2D eigenvalue weighted by Gasteiger charge is 2.07. The first-order valence-corrected chi connectivity index (χ1v) is 6.85. The van der Waals surface area contributed by atoms with Gasteiger partial charge in [0, 0.05) is 5.69 Å². The van der Waals surface area contributed by atoms with Crippen molar-refractivity contribution in [2.45, 2.75) is 26.4 Å². The monoisotopic (exact) mass is 308 g/mol. The third-order valence-electron chi connectivity index (χ3n) is 2.59. The number of benzene rings is 1. The third-order valence-corrected chi connectivity index (χ3v) is 2.59. The van der Waals surface area contributed by atoms with Crippen molar-refractivity contribution in [3.05, 3.63) is 29.8 Å². The van der Waals surface area contributed by atoms with Gasteiger partial charge in [0.05, 0.1) is 12.5 Å². The topological polar surface area (TPSA) is 105 Å². The van der Waals surface area contributed by atoms with Crippen LogP contribution in [0.1, 0.15) is 19.4 Å². The highest BCUT2D eigenvalue weighted by atomic mass is 16.5. The predicted octanol–water partition coefficient (Wildman–Crippen LogP) is 0.793. The first-order valence-electron chi connectivity index (χ1n) is 6.85. The van der Waals surface area contributed by atoms with Gasteiger partial charge in [-0.25, -0.2) is 0 Å². The lowest BCUT2D eigenvalue weighted by atomic mass is 10.1. The van der Waals surface area contributed by atoms with Crippen LogP contribution in [0, 0.1) is 0 Å². The molecule has 0 aliphatic rings. The summed E-state index contributed by atoms with van der Waals surface area (Å²) in [6.07, 6.45) is 0.0651. The van der Waals surface area contributed by atoms with E-state index in [1.165, 1.54) is 0 Å². The predicted molar refractivity (Wildman–Crippen MR) is 80.5 cm³/mol. The standard InChI is InChI=1S/C15H20N2O5/c1-10(2)22-9-14(19)17-12-5-3-11(4-6-12)7-13(18)16-8-15(20)21/h3-6,10H,7-9H2,1-2H3,(H,16,18)(H,17,19)(H,20,21). The van der Waals surface area contributed by atoms with Gasteiger partial charge in [0.25, 0.3) is 0 Å². The van der Waals surface area contributed by atoms with E-state index in [2.05, 4.69) is 10.6 Å². The number of hydrogen-bond donors (Lipinski definition) is 3. The largest absolute Gasteiger partial charge is 0.480 e. The quantitative estimate of drug-likeness (QED) is 0.658. The summed E-state index contributed by atoms with van der Waals surface area (Å²) in [6, 6.07) is 6.73. The summed E-state index contributed by atoms with van der Waals surface area (Å²) in [5.74, 6) is -1.71. The van der Waals surface area contributed by atoms with Crippen LogP contribution in [-0.2, 0) is 25.5 Å². The van der Waals surface area contributed by atoms with E-state index in [4.69, 9.17) is 9.84 Å². The van der Waals surface area contributed by atoms with Gasteiger partial charge in [-0.1, -0.05) is 12.1 Å². The van der Waals surface area contributed by atoms with Crippen molar-refractivity contribution in [3.63, 3.8) is 0 Å². The minimum absolute atomic E-state index is 0.0163. The number of amides is 2. The summed E-state index contributed by atoms with van der Waals surface area (Å²) in [7, 11) is 0. The van der Waals surface area contributed by atoms with Crippen molar-refractivity contribution in [2.75, 3.05) is 18.5 Å². The summed E-state index contributed by atoms with van der Waals surface area (Å²) in [5, 5.41) is 13.4. The second kappa shape index (κ2) is 8.78. The maximum absolute atomic E-state index is 11.6. The van der Waals surface area contributed by atoms with Crippen LogP contribution < -0.4 is 10.6 Å². The van der Waals surface area contributed by atoms with Crippen LogP contribution in [0.25, 0.3) is 0 Å². The molecule has 2 amide bonds. The van der Waals surface area contributed by atoms with Crippen LogP contribution in [-0.4, -0.2) is 42.1 Å². The molecule has 7 heteroatoms. The molecule has 0 aliphatic heterocycles. The molecule has 0 unspecified atom stereocenters. The van der Waals surface area contributed by atoms with Crippen molar-refractivity contribution in [1.29, 1.82) is 0 Å². The normalized spacial score (nSPS) is 10.3. The number of aliphatic carboxylic acids is 1. The smallest absolute Gasteiger partial charge is 0.322 e. The van der Waals surface area contributed by atoms with Gasteiger partial charge in [-0.05, 0) is 31.5 Å². The van der Waals surface area contributed by atoms with Gasteiger partial charge in [-0.15, -0.1) is 0 Å². The SMILES string of the molecule is CC(C)OCC(=O)Nc1ccc(CC(=O)NCC(=O)O)cc1. The fourth-order valence-electron chi connectivity index (χ4n) is 1.57. The maximum Gasteiger partial charge on any atom is 0.322 e. The van der Waals surface area contributed by atoms with Gasteiger partial charge < -0.3 is 20.5 Å². The Kier molecular flexibility index (Phi) is 7.04. The average molecular weight is 308 g/mol. The van der Waals surface area contributed by atoms with Crippen molar-refractivity contribution in [2.24, 2.45) is 0 Å². The number of rotatable bonds is 8. The lowest BCUT2D eigenvalue weighted by Crippen LogP contribution is -2.30. The Morgan fingerprint density at radius 3 is 2.32 bits per heavy atom. The highest BCUT2D eigenvalue weighted by Crippen LogP contribution is 2.10. The summed E-state index contributed by atoms with van der Waals surface area (Å²) < 4.78 is 5.19. The van der Waals surface area contributed by atoms with Crippen molar-refractivity contribution >= 4 is 23.5 Å². The first-order chi connectivity index (χ1) is 10.4. The number of nitrogens with one attached hydrogen (secondary N) is 2. The number of carbonyl (C=O) groups is 3. The number of carboxylic acids is 1. The molecule has 0 spiro atoms. The van der Waals surface area contributed by atoms with Gasteiger partial charge in [-0.3, -0.25) is 14.4 Å². The van der Waals surface area contributed by atoms with Gasteiger partial charge in [0.1, 0.15) is 13.2 Å². The van der Waals surface area contributed by atoms with Crippen LogP contribution in [0.3, 0.4) is 0 Å². The molecule has 0 bridgehead atoms. The summed E-state index contributed by atoms with van der Waals surface area (Å²) in [4.78, 5) is 33.4. The van der Waals surface area contributed by atoms with Crippen LogP contribution in [0.2, 0.25) is 0 Å². The van der Waals surface area contributed by atoms with E-state index in [9.17, 15) is 14.4 Å². The molecule has 0 aromatic heterocycles. The first kappa shape index (κ1) is 17.6. The van der Waals surface area contributed by atoms with E-state index in [0.29, 0.717) is 5.69 Å². The Bertz CT molecular complexity index is 525. The van der Waals surface area contributed by atoms with E-state index in [1.54, 1.807) is 24.3 Å². The average Bonchev–Trinajstić information content (AvgIpc) is 2.45. The Morgan fingerprint density at radius 1 is 1.14 bits per heavy atom. The minimum Gasteiger partial charge on any atom is -0.480 e. The van der Waals surface area contributed by atoms with Gasteiger partial charge >= 0.3 is 5.97 Å². The second-order valence-corrected chi connectivity index (χ2v) is 4.95. The van der Waals surface area contributed by atoms with E-state index < -0.39 is 12.5 Å². The Morgan fingerprint density at radius 2 is 1.77 bits per heavy atom. The molecule has 1 rings (SSSR count). The molecule has 0 atom stereocenters. The fraction of sp³-hybridized carbons (Fsp3) is 0.400. The minimum atomic E-state index is -1.09. The number of carbonyl (C=O) groups excluding carboxylic acids is 2. The Balaban J connectivity index is 2.44. The van der Waals surface area contributed by atoms with E-state index in [1.807, 2.05) is 13.8 Å². The molecule has 1 aromatic carbocycles. The van der Waals surface area contributed by atoms with Crippen LogP contribution in [0.4, 0.5) is 5.69 Å². The molecule has 7 nitrogen and oxygen atoms in total. The zero-order valence-electron chi connectivity index (χ0n) is 12.6. The number of carboxylic acid groups (broad SMARTS) is 1. The van der Waals surface area contributed by atoms with Crippen LogP contribution in [0.5, 0.6) is 0 Å². The molecule has 120 valence electrons. The third kappa shape index (κ3) is 7.39. The lowest BCUT2D eigenvalue weighted by molar-refractivity contribution is -0.137. The van der Waals surface area contributed by atoms with Gasteiger partial charge in [0.15, 0.2) is 0 Å². The number of ether oxygens (including phenoxy) is 1. The molecule has 0 saturated carbocycles. The molecule has 22 heavy (non-hydrogen) atoms. The Labute approximate surface area is 128 Å². The summed E-state index contributed by atoms with van der Waals surface area (Å²) >= 11 is 0. The molecule has 0 radical (unpaired) electrons. The molecule has 3 N–H and O–H groups in total. The second-order valence-electron chi connectivity index (χ2n) is 4.95. The van der Waals surface area contributed by atoms with E-state index in [-0.39, 0.29) is 30.9 Å². The molecule has 1 aromatic rings. The van der Waals surface area contributed by atoms with Crippen molar-refractivity contribution < 1.29 is 24.2 Å². The Hall–Kier alpha value is -2.41. The van der Waals surface area contributed by atoms with Crippen molar-refractivity contribution in [1.82, 2.24) is 5.32 Å². The molecular formula is C15H20N2O5. The lowest BCUT2D eigenvalue weighted by Gasteiger charge is -2.09. The highest BCUT2D eigenvalue weighted by molar-refractivity contribution is 5.91. The molecule has 0 fully saturated rings. The molecule has 0 saturated heterocycles.